The van der Waals surface area contributed by atoms with Crippen molar-refractivity contribution < 1.29 is 9.47 Å². The third-order valence-electron chi connectivity index (χ3n) is 7.68. The van der Waals surface area contributed by atoms with Gasteiger partial charge in [0.2, 0.25) is 0 Å². The zero-order valence-corrected chi connectivity index (χ0v) is 27.9. The van der Waals surface area contributed by atoms with Crippen LogP contribution in [-0.4, -0.2) is 51.5 Å². The van der Waals surface area contributed by atoms with E-state index in [1.807, 2.05) is 0 Å². The number of nitrogens with zero attached hydrogens (tertiary/aromatic N) is 1. The molecule has 40 heavy (non-hydrogen) atoms. The van der Waals surface area contributed by atoms with E-state index in [4.69, 9.17) is 9.47 Å². The van der Waals surface area contributed by atoms with Gasteiger partial charge >= 0.3 is 0 Å². The van der Waals surface area contributed by atoms with Crippen LogP contribution < -0.4 is 0 Å². The van der Waals surface area contributed by atoms with E-state index in [2.05, 4.69) is 57.1 Å². The lowest BCUT2D eigenvalue weighted by molar-refractivity contribution is -0.0287. The number of unbranched alkanes of at least 4 members (excludes halogenated alkanes) is 20. The summed E-state index contributed by atoms with van der Waals surface area (Å²) < 4.78 is 12.2. The summed E-state index contributed by atoms with van der Waals surface area (Å²) in [6, 6.07) is 0. The molecule has 0 heterocycles. The molecule has 3 heteroatoms. The summed E-state index contributed by atoms with van der Waals surface area (Å²) in [6.45, 7) is 7.97. The first kappa shape index (κ1) is 39.4. The van der Waals surface area contributed by atoms with Gasteiger partial charge in [0.05, 0.1) is 12.7 Å². The maximum absolute atomic E-state index is 6.21. The molecule has 0 aliphatic rings. The fraction of sp³-hybridized carbons (Fsp3) is 0.892. The summed E-state index contributed by atoms with van der Waals surface area (Å²) in [7, 11) is 4.26. The van der Waals surface area contributed by atoms with Crippen LogP contribution in [0.2, 0.25) is 0 Å². The summed E-state index contributed by atoms with van der Waals surface area (Å²) in [5.74, 6) is 0. The number of allylic oxidation sites excluding steroid dienone is 4. The maximum atomic E-state index is 6.21. The number of rotatable bonds is 33. The van der Waals surface area contributed by atoms with Crippen molar-refractivity contribution in [1.82, 2.24) is 4.90 Å². The summed E-state index contributed by atoms with van der Waals surface area (Å²) in [5, 5.41) is 0. The van der Waals surface area contributed by atoms with E-state index >= 15 is 0 Å². The van der Waals surface area contributed by atoms with Crippen molar-refractivity contribution in [3.8, 4) is 0 Å². The molecule has 0 fully saturated rings. The average molecular weight is 564 g/mol. The number of ether oxygens (including phenoxy) is 2. The highest BCUT2D eigenvalue weighted by molar-refractivity contribution is 4.81. The Bertz CT molecular complexity index is 516. The van der Waals surface area contributed by atoms with E-state index in [1.54, 1.807) is 0 Å². The highest BCUT2D eigenvalue weighted by Crippen LogP contribution is 2.12. The van der Waals surface area contributed by atoms with Crippen LogP contribution in [-0.2, 0) is 9.47 Å². The molecule has 0 radical (unpaired) electrons. The molecule has 0 aromatic heterocycles. The van der Waals surface area contributed by atoms with Crippen molar-refractivity contribution in [2.75, 3.05) is 40.5 Å². The number of hydrogen-bond donors (Lipinski definition) is 0. The molecule has 0 spiro atoms. The van der Waals surface area contributed by atoms with Crippen LogP contribution in [0.4, 0.5) is 0 Å². The molecule has 238 valence electrons. The van der Waals surface area contributed by atoms with E-state index in [0.29, 0.717) is 0 Å². The Morgan fingerprint density at radius 3 is 1.27 bits per heavy atom. The van der Waals surface area contributed by atoms with Crippen LogP contribution >= 0.6 is 0 Å². The standard InChI is InChI=1S/C37H73NO2/c1-5-7-9-11-13-15-17-19-21-23-25-27-29-31-33-39-36-37(35-38(3)4)40-34-32-30-28-26-24-22-20-18-16-14-12-10-8-6-2/h11-14,37H,5-10,15-36H2,1-4H3. The van der Waals surface area contributed by atoms with Crippen LogP contribution in [0.1, 0.15) is 168 Å². The maximum Gasteiger partial charge on any atom is 0.0934 e. The minimum atomic E-state index is 0.201. The summed E-state index contributed by atoms with van der Waals surface area (Å²) >= 11 is 0. The second-order valence-corrected chi connectivity index (χ2v) is 12.3. The van der Waals surface area contributed by atoms with Crippen LogP contribution in [0.5, 0.6) is 0 Å². The molecule has 0 saturated carbocycles. The lowest BCUT2D eigenvalue weighted by Gasteiger charge is -2.21. The van der Waals surface area contributed by atoms with Gasteiger partial charge in [0.25, 0.3) is 0 Å². The van der Waals surface area contributed by atoms with Crippen molar-refractivity contribution in [3.05, 3.63) is 24.3 Å². The minimum Gasteiger partial charge on any atom is -0.379 e. The van der Waals surface area contributed by atoms with Crippen LogP contribution in [0.3, 0.4) is 0 Å². The Labute approximate surface area is 252 Å². The second-order valence-electron chi connectivity index (χ2n) is 12.3. The van der Waals surface area contributed by atoms with Gasteiger partial charge in [0.1, 0.15) is 0 Å². The van der Waals surface area contributed by atoms with Gasteiger partial charge in [-0.1, -0.05) is 141 Å². The molecular formula is C37H73NO2. The monoisotopic (exact) mass is 564 g/mol. The molecule has 0 bridgehead atoms. The summed E-state index contributed by atoms with van der Waals surface area (Å²) in [5.41, 5.74) is 0. The molecule has 0 saturated heterocycles. The molecule has 0 aromatic rings. The van der Waals surface area contributed by atoms with E-state index in [9.17, 15) is 0 Å². The molecule has 0 aliphatic heterocycles. The van der Waals surface area contributed by atoms with E-state index in [1.165, 1.54) is 154 Å². The highest BCUT2D eigenvalue weighted by Gasteiger charge is 2.10. The van der Waals surface area contributed by atoms with Crippen LogP contribution in [0, 0.1) is 0 Å². The zero-order valence-electron chi connectivity index (χ0n) is 27.9. The first-order chi connectivity index (χ1) is 19.7. The molecular weight excluding hydrogens is 490 g/mol. The summed E-state index contributed by atoms with van der Waals surface area (Å²) in [4.78, 5) is 2.22. The van der Waals surface area contributed by atoms with Gasteiger partial charge in [0.15, 0.2) is 0 Å². The third-order valence-corrected chi connectivity index (χ3v) is 7.68. The Kier molecular flexibility index (Phi) is 34.0. The minimum absolute atomic E-state index is 0.201. The normalized spacial score (nSPS) is 12.9. The molecule has 1 atom stereocenters. The quantitative estimate of drug-likeness (QED) is 0.0585. The van der Waals surface area contributed by atoms with Crippen LogP contribution in [0.15, 0.2) is 24.3 Å². The van der Waals surface area contributed by atoms with Crippen molar-refractivity contribution in [2.24, 2.45) is 0 Å². The SMILES string of the molecule is CCCCC=CCCCCCCCCCCOCC(CN(C)C)OCCCCCCCCCCC=CCCCC. The predicted octanol–water partition coefficient (Wildman–Crippen LogP) is 11.5. The van der Waals surface area contributed by atoms with Gasteiger partial charge < -0.3 is 14.4 Å². The van der Waals surface area contributed by atoms with Gasteiger partial charge in [-0.25, -0.2) is 0 Å². The number of likely N-dealkylation sites (N-methyl/N-ethyl adjacent to an activating group) is 1. The zero-order chi connectivity index (χ0) is 29.2. The van der Waals surface area contributed by atoms with Gasteiger partial charge in [-0.05, 0) is 65.5 Å². The van der Waals surface area contributed by atoms with E-state index < -0.39 is 0 Å². The first-order valence-corrected chi connectivity index (χ1v) is 17.8. The van der Waals surface area contributed by atoms with Crippen molar-refractivity contribution in [2.45, 2.75) is 174 Å². The van der Waals surface area contributed by atoms with Gasteiger partial charge in [0, 0.05) is 19.8 Å². The van der Waals surface area contributed by atoms with Crippen LogP contribution in [0.25, 0.3) is 0 Å². The Morgan fingerprint density at radius 2 is 0.850 bits per heavy atom. The molecule has 3 nitrogen and oxygen atoms in total. The fourth-order valence-electron chi connectivity index (χ4n) is 5.09. The Hall–Kier alpha value is -0.640. The Morgan fingerprint density at radius 1 is 0.475 bits per heavy atom. The third kappa shape index (κ3) is 33.6. The largest absolute Gasteiger partial charge is 0.379 e. The van der Waals surface area contributed by atoms with Crippen molar-refractivity contribution >= 4 is 0 Å². The first-order valence-electron chi connectivity index (χ1n) is 17.8. The predicted molar refractivity (Wildman–Crippen MR) is 180 cm³/mol. The van der Waals surface area contributed by atoms with Crippen molar-refractivity contribution in [3.63, 3.8) is 0 Å². The van der Waals surface area contributed by atoms with Crippen molar-refractivity contribution in [1.29, 1.82) is 0 Å². The van der Waals surface area contributed by atoms with Gasteiger partial charge in [-0.2, -0.15) is 0 Å². The average Bonchev–Trinajstić information content (AvgIpc) is 2.94. The molecule has 0 aromatic carbocycles. The highest BCUT2D eigenvalue weighted by atomic mass is 16.5. The lowest BCUT2D eigenvalue weighted by atomic mass is 10.1. The molecule has 0 amide bonds. The second kappa shape index (κ2) is 34.6. The fourth-order valence-corrected chi connectivity index (χ4v) is 5.09. The lowest BCUT2D eigenvalue weighted by Crippen LogP contribution is -2.32. The molecule has 0 rings (SSSR count). The van der Waals surface area contributed by atoms with Gasteiger partial charge in [-0.15, -0.1) is 0 Å². The smallest absolute Gasteiger partial charge is 0.0934 e. The van der Waals surface area contributed by atoms with E-state index in [-0.39, 0.29) is 6.10 Å². The summed E-state index contributed by atoms with van der Waals surface area (Å²) in [6.07, 6.45) is 41.7. The topological polar surface area (TPSA) is 21.7 Å². The molecule has 0 N–H and O–H groups in total. The van der Waals surface area contributed by atoms with Gasteiger partial charge in [-0.3, -0.25) is 0 Å². The Balaban J connectivity index is 3.52. The number of hydrogen-bond acceptors (Lipinski definition) is 3. The molecule has 1 unspecified atom stereocenters. The van der Waals surface area contributed by atoms with E-state index in [0.717, 1.165) is 26.4 Å². The molecule has 0 aliphatic carbocycles.